The van der Waals surface area contributed by atoms with Gasteiger partial charge in [0, 0.05) is 18.8 Å². The molecule has 6 heteroatoms. The molecule has 6 nitrogen and oxygen atoms in total. The highest BCUT2D eigenvalue weighted by molar-refractivity contribution is 5.78. The minimum atomic E-state index is 0.186. The minimum absolute atomic E-state index is 0.186. The Kier molecular flexibility index (Phi) is 4.70. The molecule has 0 radical (unpaired) electrons. The van der Waals surface area contributed by atoms with E-state index in [0.717, 1.165) is 56.7 Å². The van der Waals surface area contributed by atoms with Gasteiger partial charge in [-0.2, -0.15) is 0 Å². The maximum Gasteiger partial charge on any atom is 0.237 e. The average molecular weight is 341 g/mol. The van der Waals surface area contributed by atoms with Crippen LogP contribution in [0.2, 0.25) is 0 Å². The van der Waals surface area contributed by atoms with Gasteiger partial charge in [-0.15, -0.1) is 10.2 Å². The normalized spacial score (nSPS) is 24.9. The Balaban J connectivity index is 1.51. The van der Waals surface area contributed by atoms with Crippen molar-refractivity contribution in [2.75, 3.05) is 19.6 Å². The summed E-state index contributed by atoms with van der Waals surface area (Å²) in [5.74, 6) is 1.25. The van der Waals surface area contributed by atoms with Gasteiger partial charge >= 0.3 is 0 Å². The van der Waals surface area contributed by atoms with Gasteiger partial charge in [-0.05, 0) is 57.2 Å². The first-order valence-corrected chi connectivity index (χ1v) is 9.61. The molecular formula is C19H27N5O. The predicted molar refractivity (Wildman–Crippen MR) is 96.2 cm³/mol. The van der Waals surface area contributed by atoms with Crippen molar-refractivity contribution in [3.8, 4) is 0 Å². The van der Waals surface area contributed by atoms with Crippen LogP contribution in [0.1, 0.15) is 57.3 Å². The summed E-state index contributed by atoms with van der Waals surface area (Å²) in [4.78, 5) is 17.4. The van der Waals surface area contributed by atoms with Crippen molar-refractivity contribution in [1.82, 2.24) is 24.4 Å². The Morgan fingerprint density at radius 3 is 2.96 bits per heavy atom. The summed E-state index contributed by atoms with van der Waals surface area (Å²) >= 11 is 0. The average Bonchev–Trinajstić information content (AvgIpc) is 3.28. The Bertz CT molecular complexity index is 742. The molecule has 2 aromatic rings. The number of likely N-dealkylation sites (tertiary alicyclic amines) is 2. The third-order valence-corrected chi connectivity index (χ3v) is 5.76. The molecule has 0 saturated carbocycles. The summed E-state index contributed by atoms with van der Waals surface area (Å²) in [6.07, 6.45) is 8.77. The third-order valence-electron chi connectivity index (χ3n) is 5.76. The van der Waals surface area contributed by atoms with Crippen LogP contribution in [0.3, 0.4) is 0 Å². The van der Waals surface area contributed by atoms with Gasteiger partial charge in [-0.1, -0.05) is 13.0 Å². The molecule has 4 heterocycles. The van der Waals surface area contributed by atoms with E-state index in [1.54, 1.807) is 0 Å². The fourth-order valence-electron chi connectivity index (χ4n) is 4.41. The number of fused-ring (bicyclic) bond motifs is 1. The molecule has 0 N–H and O–H groups in total. The Labute approximate surface area is 148 Å². The van der Waals surface area contributed by atoms with Crippen LogP contribution in [-0.4, -0.2) is 56.0 Å². The summed E-state index contributed by atoms with van der Waals surface area (Å²) < 4.78 is 2.06. The largest absolute Gasteiger partial charge is 0.339 e. The van der Waals surface area contributed by atoms with Crippen molar-refractivity contribution in [2.24, 2.45) is 0 Å². The molecule has 2 aliphatic rings. The molecule has 2 saturated heterocycles. The second-order valence-electron chi connectivity index (χ2n) is 7.26. The Morgan fingerprint density at radius 1 is 1.16 bits per heavy atom. The van der Waals surface area contributed by atoms with Crippen molar-refractivity contribution >= 4 is 11.6 Å². The molecule has 2 aromatic heterocycles. The molecule has 0 spiro atoms. The standard InChI is InChI=1S/C19H27N5O/c1-2-15-8-3-5-12-23(15)18(25)14-22-11-7-9-16(22)19-21-20-17-10-4-6-13-24(17)19/h4,6,10,13,15-16H,2-3,5,7-9,11-12,14H2,1H3/t15-,16+/m1/s1. The van der Waals surface area contributed by atoms with Gasteiger partial charge in [0.2, 0.25) is 5.91 Å². The van der Waals surface area contributed by atoms with Crippen LogP contribution in [0.25, 0.3) is 5.65 Å². The van der Waals surface area contributed by atoms with Gasteiger partial charge in [0.1, 0.15) is 0 Å². The maximum atomic E-state index is 12.9. The number of carbonyl (C=O) groups excluding carboxylic acids is 1. The van der Waals surface area contributed by atoms with Crippen molar-refractivity contribution in [1.29, 1.82) is 0 Å². The second kappa shape index (κ2) is 7.12. The molecule has 4 rings (SSSR count). The van der Waals surface area contributed by atoms with Crippen LogP contribution in [0.5, 0.6) is 0 Å². The smallest absolute Gasteiger partial charge is 0.237 e. The highest BCUT2D eigenvalue weighted by Crippen LogP contribution is 2.31. The fraction of sp³-hybridized carbons (Fsp3) is 0.632. The van der Waals surface area contributed by atoms with Gasteiger partial charge in [0.15, 0.2) is 11.5 Å². The number of nitrogens with zero attached hydrogens (tertiary/aromatic N) is 5. The molecule has 0 unspecified atom stereocenters. The van der Waals surface area contributed by atoms with E-state index in [1.165, 1.54) is 6.42 Å². The Hall–Kier alpha value is -1.95. The summed E-state index contributed by atoms with van der Waals surface area (Å²) in [6.45, 7) is 4.58. The van der Waals surface area contributed by atoms with E-state index in [2.05, 4.69) is 31.3 Å². The van der Waals surface area contributed by atoms with Gasteiger partial charge in [0.05, 0.1) is 12.6 Å². The van der Waals surface area contributed by atoms with E-state index in [-0.39, 0.29) is 11.9 Å². The lowest BCUT2D eigenvalue weighted by molar-refractivity contribution is -0.136. The molecular weight excluding hydrogens is 314 g/mol. The predicted octanol–water partition coefficient (Wildman–Crippen LogP) is 2.66. The fourth-order valence-corrected chi connectivity index (χ4v) is 4.41. The molecule has 1 amide bonds. The number of aromatic nitrogens is 3. The minimum Gasteiger partial charge on any atom is -0.339 e. The number of piperidine rings is 1. The topological polar surface area (TPSA) is 53.7 Å². The lowest BCUT2D eigenvalue weighted by atomic mass is 10.00. The van der Waals surface area contributed by atoms with Crippen LogP contribution in [0.15, 0.2) is 24.4 Å². The van der Waals surface area contributed by atoms with Crippen molar-refractivity contribution in [2.45, 2.75) is 57.5 Å². The Morgan fingerprint density at radius 2 is 2.08 bits per heavy atom. The van der Waals surface area contributed by atoms with Crippen LogP contribution >= 0.6 is 0 Å². The van der Waals surface area contributed by atoms with Crippen molar-refractivity contribution in [3.63, 3.8) is 0 Å². The molecule has 0 bridgehead atoms. The third kappa shape index (κ3) is 3.15. The summed E-state index contributed by atoms with van der Waals surface area (Å²) in [7, 11) is 0. The maximum absolute atomic E-state index is 12.9. The van der Waals surface area contributed by atoms with Gasteiger partial charge in [-0.3, -0.25) is 14.1 Å². The lowest BCUT2D eigenvalue weighted by Crippen LogP contribution is -2.47. The lowest BCUT2D eigenvalue weighted by Gasteiger charge is -2.36. The molecule has 2 aliphatic heterocycles. The van der Waals surface area contributed by atoms with E-state index < -0.39 is 0 Å². The summed E-state index contributed by atoms with van der Waals surface area (Å²) in [6, 6.07) is 6.57. The first kappa shape index (κ1) is 16.5. The van der Waals surface area contributed by atoms with Crippen molar-refractivity contribution < 1.29 is 4.79 Å². The SMILES string of the molecule is CC[C@@H]1CCCCN1C(=O)CN1CCC[C@H]1c1nnc2ccccn12. The molecule has 0 aliphatic carbocycles. The highest BCUT2D eigenvalue weighted by Gasteiger charge is 2.33. The first-order valence-electron chi connectivity index (χ1n) is 9.61. The number of hydrogen-bond acceptors (Lipinski definition) is 4. The number of rotatable bonds is 4. The van der Waals surface area contributed by atoms with E-state index >= 15 is 0 Å². The van der Waals surface area contributed by atoms with Gasteiger partial charge < -0.3 is 4.90 Å². The zero-order valence-corrected chi connectivity index (χ0v) is 15.0. The van der Waals surface area contributed by atoms with Crippen LogP contribution in [-0.2, 0) is 4.79 Å². The number of carbonyl (C=O) groups is 1. The second-order valence-corrected chi connectivity index (χ2v) is 7.26. The molecule has 0 aromatic carbocycles. The highest BCUT2D eigenvalue weighted by atomic mass is 16.2. The van der Waals surface area contributed by atoms with E-state index in [4.69, 9.17) is 0 Å². The number of amides is 1. The number of pyridine rings is 1. The number of hydrogen-bond donors (Lipinski definition) is 0. The molecule has 2 atom stereocenters. The van der Waals surface area contributed by atoms with E-state index in [1.807, 2.05) is 24.4 Å². The monoisotopic (exact) mass is 341 g/mol. The van der Waals surface area contributed by atoms with Crippen LogP contribution < -0.4 is 0 Å². The zero-order chi connectivity index (χ0) is 17.2. The quantitative estimate of drug-likeness (QED) is 0.858. The first-order chi connectivity index (χ1) is 12.3. The van der Waals surface area contributed by atoms with Crippen LogP contribution in [0.4, 0.5) is 0 Å². The molecule has 2 fully saturated rings. The molecule has 134 valence electrons. The summed E-state index contributed by atoms with van der Waals surface area (Å²) in [5.41, 5.74) is 0.873. The van der Waals surface area contributed by atoms with E-state index in [0.29, 0.717) is 12.6 Å². The van der Waals surface area contributed by atoms with Gasteiger partial charge in [0.25, 0.3) is 0 Å². The van der Waals surface area contributed by atoms with E-state index in [9.17, 15) is 4.79 Å². The van der Waals surface area contributed by atoms with Gasteiger partial charge in [-0.25, -0.2) is 0 Å². The van der Waals surface area contributed by atoms with Crippen LogP contribution in [0, 0.1) is 0 Å². The zero-order valence-electron chi connectivity index (χ0n) is 15.0. The summed E-state index contributed by atoms with van der Waals surface area (Å²) in [5, 5.41) is 8.71. The molecule has 25 heavy (non-hydrogen) atoms. The van der Waals surface area contributed by atoms with Crippen molar-refractivity contribution in [3.05, 3.63) is 30.2 Å².